The van der Waals surface area contributed by atoms with Gasteiger partial charge >= 0.3 is 0 Å². The van der Waals surface area contributed by atoms with E-state index in [9.17, 15) is 0 Å². The van der Waals surface area contributed by atoms with Crippen molar-refractivity contribution in [3.63, 3.8) is 0 Å². The maximum absolute atomic E-state index is 5.38. The zero-order valence-electron chi connectivity index (χ0n) is 8.57. The molecular weight excluding hydrogens is 256 g/mol. The van der Waals surface area contributed by atoms with Crippen molar-refractivity contribution in [3.05, 3.63) is 30.2 Å². The van der Waals surface area contributed by atoms with E-state index in [1.807, 2.05) is 16.0 Å². The predicted molar refractivity (Wildman–Crippen MR) is 67.0 cm³/mol. The van der Waals surface area contributed by atoms with E-state index in [2.05, 4.69) is 20.4 Å². The first-order chi connectivity index (χ1) is 8.36. The highest BCUT2D eigenvalue weighted by atomic mass is 32.2. The van der Waals surface area contributed by atoms with Crippen LogP contribution >= 0.6 is 23.1 Å². The lowest BCUT2D eigenvalue weighted by Crippen LogP contribution is -2.10. The van der Waals surface area contributed by atoms with Gasteiger partial charge in [0.25, 0.3) is 0 Å². The minimum absolute atomic E-state index is 0.592. The predicted octanol–water partition coefficient (Wildman–Crippen LogP) is 1.62. The van der Waals surface area contributed by atoms with E-state index in [1.54, 1.807) is 29.9 Å². The normalized spacial score (nSPS) is 10.9. The highest BCUT2D eigenvalue weighted by molar-refractivity contribution is 8.01. The van der Waals surface area contributed by atoms with Gasteiger partial charge in [0.15, 0.2) is 15.8 Å². The molecule has 0 aromatic carbocycles. The summed E-state index contributed by atoms with van der Waals surface area (Å²) in [5.41, 5.74) is 3.33. The molecule has 0 aliphatic rings. The lowest BCUT2D eigenvalue weighted by atomic mass is 10.6. The maximum Gasteiger partial charge on any atom is 0.170 e. The lowest BCUT2D eigenvalue weighted by Gasteiger charge is -2.04. The third-order valence-electron chi connectivity index (χ3n) is 2.08. The van der Waals surface area contributed by atoms with Crippen LogP contribution in [-0.4, -0.2) is 19.4 Å². The molecule has 3 aromatic rings. The number of imidazole rings is 1. The smallest absolute Gasteiger partial charge is 0.170 e. The Hall–Kier alpha value is -1.64. The molecule has 0 aliphatic heterocycles. The number of hydrogen-bond donors (Lipinski definition) is 2. The molecule has 3 aromatic heterocycles. The van der Waals surface area contributed by atoms with Crippen molar-refractivity contribution in [2.75, 3.05) is 5.43 Å². The average molecular weight is 264 g/mol. The van der Waals surface area contributed by atoms with Crippen LogP contribution in [-0.2, 0) is 0 Å². The average Bonchev–Trinajstić information content (AvgIpc) is 2.98. The topological polar surface area (TPSA) is 81.1 Å². The fraction of sp³-hybridized carbons (Fsp3) is 0. The molecular formula is C9H8N6S2. The number of rotatable bonds is 3. The molecule has 3 heterocycles. The number of aromatic nitrogens is 4. The summed E-state index contributed by atoms with van der Waals surface area (Å²) in [7, 11) is 0. The van der Waals surface area contributed by atoms with Gasteiger partial charge in [0.2, 0.25) is 0 Å². The van der Waals surface area contributed by atoms with E-state index in [0.29, 0.717) is 5.82 Å². The van der Waals surface area contributed by atoms with E-state index in [0.717, 1.165) is 15.0 Å². The zero-order chi connectivity index (χ0) is 11.7. The van der Waals surface area contributed by atoms with Crippen LogP contribution in [0.3, 0.4) is 0 Å². The van der Waals surface area contributed by atoms with E-state index in [1.165, 1.54) is 11.8 Å². The summed E-state index contributed by atoms with van der Waals surface area (Å²) >= 11 is 3.04. The summed E-state index contributed by atoms with van der Waals surface area (Å²) < 4.78 is 2.80. The van der Waals surface area contributed by atoms with Gasteiger partial charge in [0.1, 0.15) is 5.03 Å². The SMILES string of the molecule is NNc1cn2ccnc2c(Sc2nccs2)n1. The number of hydrazine groups is 1. The van der Waals surface area contributed by atoms with Gasteiger partial charge in [-0.1, -0.05) is 0 Å². The molecule has 0 bridgehead atoms. The molecule has 3 rings (SSSR count). The molecule has 0 radical (unpaired) electrons. The Kier molecular flexibility index (Phi) is 2.67. The largest absolute Gasteiger partial charge is 0.307 e. The number of fused-ring (bicyclic) bond motifs is 1. The van der Waals surface area contributed by atoms with Crippen molar-refractivity contribution in [2.45, 2.75) is 9.37 Å². The Balaban J connectivity index is 2.10. The van der Waals surface area contributed by atoms with Gasteiger partial charge in [0.05, 0.1) is 6.20 Å². The van der Waals surface area contributed by atoms with Crippen LogP contribution in [0, 0.1) is 0 Å². The van der Waals surface area contributed by atoms with Gasteiger partial charge in [0, 0.05) is 24.0 Å². The Morgan fingerprint density at radius 3 is 3.06 bits per heavy atom. The molecule has 0 unspecified atom stereocenters. The van der Waals surface area contributed by atoms with Crippen LogP contribution in [0.4, 0.5) is 5.82 Å². The molecule has 0 atom stereocenters. The van der Waals surface area contributed by atoms with E-state index >= 15 is 0 Å². The first kappa shape index (κ1) is 10.5. The second-order valence-corrected chi connectivity index (χ2v) is 5.26. The van der Waals surface area contributed by atoms with E-state index in [4.69, 9.17) is 5.84 Å². The van der Waals surface area contributed by atoms with Gasteiger partial charge in [-0.15, -0.1) is 11.3 Å². The minimum atomic E-state index is 0.592. The highest BCUT2D eigenvalue weighted by Gasteiger charge is 2.10. The highest BCUT2D eigenvalue weighted by Crippen LogP contribution is 2.30. The van der Waals surface area contributed by atoms with Crippen molar-refractivity contribution in [1.82, 2.24) is 19.4 Å². The maximum atomic E-state index is 5.38. The molecule has 17 heavy (non-hydrogen) atoms. The van der Waals surface area contributed by atoms with Crippen molar-refractivity contribution in [2.24, 2.45) is 5.84 Å². The quantitative estimate of drug-likeness (QED) is 0.552. The van der Waals surface area contributed by atoms with Crippen LogP contribution in [0.15, 0.2) is 39.5 Å². The van der Waals surface area contributed by atoms with Gasteiger partial charge in [-0.05, 0) is 11.8 Å². The number of nitrogens with two attached hydrogens (primary N) is 1. The van der Waals surface area contributed by atoms with Crippen LogP contribution in [0.2, 0.25) is 0 Å². The van der Waals surface area contributed by atoms with Crippen molar-refractivity contribution >= 4 is 34.6 Å². The summed E-state index contributed by atoms with van der Waals surface area (Å²) in [5.74, 6) is 5.98. The van der Waals surface area contributed by atoms with Crippen LogP contribution in [0.25, 0.3) is 5.65 Å². The summed E-state index contributed by atoms with van der Waals surface area (Å²) in [4.78, 5) is 12.9. The Labute approximate surface area is 105 Å². The second kappa shape index (κ2) is 4.32. The number of anilines is 1. The Morgan fingerprint density at radius 2 is 2.29 bits per heavy atom. The number of hydrogen-bond acceptors (Lipinski definition) is 7. The monoisotopic (exact) mass is 264 g/mol. The first-order valence-electron chi connectivity index (χ1n) is 4.74. The number of nitrogens with one attached hydrogen (secondary N) is 1. The molecule has 0 aliphatic carbocycles. The van der Waals surface area contributed by atoms with Gasteiger partial charge < -0.3 is 9.83 Å². The van der Waals surface area contributed by atoms with E-state index < -0.39 is 0 Å². The zero-order valence-corrected chi connectivity index (χ0v) is 10.2. The summed E-state index contributed by atoms with van der Waals surface area (Å²) in [5, 5.41) is 2.70. The second-order valence-electron chi connectivity index (χ2n) is 3.13. The van der Waals surface area contributed by atoms with Crippen LogP contribution in [0.5, 0.6) is 0 Å². The van der Waals surface area contributed by atoms with Gasteiger partial charge in [-0.2, -0.15) is 0 Å². The van der Waals surface area contributed by atoms with Crippen LogP contribution in [0.1, 0.15) is 0 Å². The van der Waals surface area contributed by atoms with Crippen molar-refractivity contribution < 1.29 is 0 Å². The number of thiazole rings is 1. The summed E-state index contributed by atoms with van der Waals surface area (Å²) in [6.45, 7) is 0. The molecule has 3 N–H and O–H groups in total. The molecule has 0 amide bonds. The molecule has 0 fully saturated rings. The molecule has 86 valence electrons. The van der Waals surface area contributed by atoms with E-state index in [-0.39, 0.29) is 0 Å². The molecule has 8 heteroatoms. The van der Waals surface area contributed by atoms with Crippen molar-refractivity contribution in [1.29, 1.82) is 0 Å². The minimum Gasteiger partial charge on any atom is -0.307 e. The molecule has 6 nitrogen and oxygen atoms in total. The number of nitrogen functional groups attached to an aromatic ring is 1. The fourth-order valence-corrected chi connectivity index (χ4v) is 3.01. The summed E-state index contributed by atoms with van der Waals surface area (Å²) in [6.07, 6.45) is 7.13. The summed E-state index contributed by atoms with van der Waals surface area (Å²) in [6, 6.07) is 0. The molecule has 0 spiro atoms. The fourth-order valence-electron chi connectivity index (χ4n) is 1.38. The molecule has 0 saturated heterocycles. The third kappa shape index (κ3) is 1.97. The standard InChI is InChI=1S/C9H8N6S2/c10-14-6-5-15-3-1-11-7(15)8(13-6)17-9-12-2-4-16-9/h1-5,14H,10H2. The Bertz CT molecular complexity index is 632. The van der Waals surface area contributed by atoms with Crippen LogP contribution < -0.4 is 11.3 Å². The number of nitrogens with zero attached hydrogens (tertiary/aromatic N) is 4. The van der Waals surface area contributed by atoms with Crippen molar-refractivity contribution in [3.8, 4) is 0 Å². The van der Waals surface area contributed by atoms with Gasteiger partial charge in [-0.25, -0.2) is 20.8 Å². The third-order valence-corrected chi connectivity index (χ3v) is 3.94. The Morgan fingerprint density at radius 1 is 1.35 bits per heavy atom. The first-order valence-corrected chi connectivity index (χ1v) is 6.44. The lowest BCUT2D eigenvalue weighted by molar-refractivity contribution is 1.02. The van der Waals surface area contributed by atoms with Gasteiger partial charge in [-0.3, -0.25) is 0 Å². The molecule has 0 saturated carbocycles.